The first-order valence-electron chi connectivity index (χ1n) is 4.88. The van der Waals surface area contributed by atoms with Gasteiger partial charge in [0.2, 0.25) is 0 Å². The van der Waals surface area contributed by atoms with Gasteiger partial charge >= 0.3 is 12.3 Å². The average molecular weight is 262 g/mol. The molecule has 1 aromatic carbocycles. The fourth-order valence-electron chi connectivity index (χ4n) is 1.20. The van der Waals surface area contributed by atoms with Crippen LogP contribution in [0.1, 0.15) is 5.56 Å². The van der Waals surface area contributed by atoms with E-state index in [1.807, 2.05) is 6.07 Å². The molecule has 0 bridgehead atoms. The van der Waals surface area contributed by atoms with Crippen molar-refractivity contribution in [3.05, 3.63) is 23.8 Å². The van der Waals surface area contributed by atoms with Crippen molar-refractivity contribution in [2.75, 3.05) is 19.0 Å². The molecular weight excluding hydrogens is 252 g/mol. The molecule has 0 aliphatic heterocycles. The van der Waals surface area contributed by atoms with Gasteiger partial charge in [-0.1, -0.05) is 0 Å². The number of nitriles is 1. The Hall–Kier alpha value is -1.97. The number of anilines is 1. The van der Waals surface area contributed by atoms with Crippen molar-refractivity contribution >= 4 is 5.69 Å². The van der Waals surface area contributed by atoms with Gasteiger partial charge in [-0.25, -0.2) is 8.78 Å². The van der Waals surface area contributed by atoms with Gasteiger partial charge in [-0.2, -0.15) is 14.0 Å². The molecule has 0 unspecified atom stereocenters. The van der Waals surface area contributed by atoms with Crippen LogP contribution in [0.2, 0.25) is 0 Å². The van der Waals surface area contributed by atoms with E-state index in [0.717, 1.165) is 0 Å². The molecule has 0 saturated heterocycles. The monoisotopic (exact) mass is 262 g/mol. The molecule has 0 radical (unpaired) electrons. The highest BCUT2D eigenvalue weighted by Crippen LogP contribution is 2.28. The van der Waals surface area contributed by atoms with E-state index in [2.05, 4.69) is 5.32 Å². The lowest BCUT2D eigenvalue weighted by Gasteiger charge is -2.18. The standard InChI is InChI=1S/C11H10F4N2O/c1-18-9-4-7(5-16)2-3-8(9)17-6-11(14,15)10(12)13/h2-4,10,17H,6H2,1H3. The van der Waals surface area contributed by atoms with Crippen molar-refractivity contribution in [3.8, 4) is 11.8 Å². The van der Waals surface area contributed by atoms with Crippen molar-refractivity contribution in [1.82, 2.24) is 0 Å². The summed E-state index contributed by atoms with van der Waals surface area (Å²) in [6.45, 7) is -1.22. The number of methoxy groups -OCH3 is 1. The molecule has 0 saturated carbocycles. The van der Waals surface area contributed by atoms with Gasteiger partial charge in [0, 0.05) is 6.07 Å². The van der Waals surface area contributed by atoms with Crippen LogP contribution in [-0.4, -0.2) is 26.0 Å². The third-order valence-corrected chi connectivity index (χ3v) is 2.16. The van der Waals surface area contributed by atoms with Crippen molar-refractivity contribution in [2.45, 2.75) is 12.3 Å². The number of halogens is 4. The minimum absolute atomic E-state index is 0.122. The highest BCUT2D eigenvalue weighted by Gasteiger charge is 2.40. The number of hydrogen-bond acceptors (Lipinski definition) is 3. The van der Waals surface area contributed by atoms with E-state index < -0.39 is 18.9 Å². The van der Waals surface area contributed by atoms with Crippen LogP contribution in [-0.2, 0) is 0 Å². The summed E-state index contributed by atoms with van der Waals surface area (Å²) < 4.78 is 54.2. The zero-order valence-electron chi connectivity index (χ0n) is 9.38. The maximum atomic E-state index is 12.7. The van der Waals surface area contributed by atoms with E-state index in [4.69, 9.17) is 10.00 Å². The quantitative estimate of drug-likeness (QED) is 0.830. The molecule has 0 aliphatic carbocycles. The fourth-order valence-corrected chi connectivity index (χ4v) is 1.20. The Bertz CT molecular complexity index is 457. The molecule has 0 aliphatic rings. The van der Waals surface area contributed by atoms with Crippen LogP contribution in [0.15, 0.2) is 18.2 Å². The lowest BCUT2D eigenvalue weighted by atomic mass is 10.2. The molecule has 1 aromatic rings. The van der Waals surface area contributed by atoms with Crippen molar-refractivity contribution in [1.29, 1.82) is 5.26 Å². The van der Waals surface area contributed by atoms with Crippen LogP contribution in [0.4, 0.5) is 23.2 Å². The fraction of sp³-hybridized carbons (Fsp3) is 0.364. The summed E-state index contributed by atoms with van der Waals surface area (Å²) in [7, 11) is 1.28. The molecule has 1 rings (SSSR count). The van der Waals surface area contributed by atoms with Gasteiger partial charge in [0.25, 0.3) is 0 Å². The van der Waals surface area contributed by atoms with Crippen LogP contribution in [0.3, 0.4) is 0 Å². The minimum atomic E-state index is -4.13. The maximum absolute atomic E-state index is 12.7. The lowest BCUT2D eigenvalue weighted by Crippen LogP contribution is -2.34. The zero-order chi connectivity index (χ0) is 13.8. The first kappa shape index (κ1) is 14.1. The SMILES string of the molecule is COc1cc(C#N)ccc1NCC(F)(F)C(F)F. The summed E-state index contributed by atoms with van der Waals surface area (Å²) in [5.74, 6) is -3.99. The minimum Gasteiger partial charge on any atom is -0.495 e. The van der Waals surface area contributed by atoms with E-state index in [9.17, 15) is 17.6 Å². The average Bonchev–Trinajstić information content (AvgIpc) is 2.35. The first-order valence-corrected chi connectivity index (χ1v) is 4.88. The van der Waals surface area contributed by atoms with Gasteiger partial charge in [-0.3, -0.25) is 0 Å². The number of benzene rings is 1. The molecule has 7 heteroatoms. The van der Waals surface area contributed by atoms with E-state index in [1.165, 1.54) is 25.3 Å². The van der Waals surface area contributed by atoms with Crippen molar-refractivity contribution in [3.63, 3.8) is 0 Å². The van der Waals surface area contributed by atoms with Crippen molar-refractivity contribution in [2.24, 2.45) is 0 Å². The number of nitrogens with one attached hydrogen (secondary N) is 1. The molecule has 18 heavy (non-hydrogen) atoms. The number of nitrogens with zero attached hydrogens (tertiary/aromatic N) is 1. The van der Waals surface area contributed by atoms with Gasteiger partial charge in [0.15, 0.2) is 0 Å². The van der Waals surface area contributed by atoms with Crippen LogP contribution in [0, 0.1) is 11.3 Å². The number of rotatable bonds is 5. The Kier molecular flexibility index (Phi) is 4.37. The molecule has 1 N–H and O–H groups in total. The third kappa shape index (κ3) is 3.26. The topological polar surface area (TPSA) is 45.0 Å². The Morgan fingerprint density at radius 3 is 2.61 bits per heavy atom. The zero-order valence-corrected chi connectivity index (χ0v) is 9.38. The van der Waals surface area contributed by atoms with Gasteiger partial charge in [0.05, 0.1) is 31.0 Å². The van der Waals surface area contributed by atoms with Crippen LogP contribution in [0.5, 0.6) is 5.75 Å². The molecule has 0 aromatic heterocycles. The normalized spacial score (nSPS) is 11.2. The molecule has 98 valence electrons. The molecule has 0 heterocycles. The van der Waals surface area contributed by atoms with Gasteiger partial charge in [-0.15, -0.1) is 0 Å². The third-order valence-electron chi connectivity index (χ3n) is 2.16. The van der Waals surface area contributed by atoms with E-state index in [-0.39, 0.29) is 17.0 Å². The summed E-state index contributed by atoms with van der Waals surface area (Å²) in [5.41, 5.74) is 0.398. The molecule has 3 nitrogen and oxygen atoms in total. The van der Waals surface area contributed by atoms with E-state index in [0.29, 0.717) is 0 Å². The summed E-state index contributed by atoms with van der Waals surface area (Å²) in [5, 5.41) is 10.8. The van der Waals surface area contributed by atoms with Gasteiger partial charge in [-0.05, 0) is 12.1 Å². The summed E-state index contributed by atoms with van der Waals surface area (Å²) >= 11 is 0. The highest BCUT2D eigenvalue weighted by molar-refractivity contribution is 5.59. The molecule has 0 fully saturated rings. The smallest absolute Gasteiger partial charge is 0.324 e. The summed E-state index contributed by atoms with van der Waals surface area (Å²) in [4.78, 5) is 0. The lowest BCUT2D eigenvalue weighted by molar-refractivity contribution is -0.117. The van der Waals surface area contributed by atoms with Crippen molar-refractivity contribution < 1.29 is 22.3 Å². The van der Waals surface area contributed by atoms with E-state index >= 15 is 0 Å². The maximum Gasteiger partial charge on any atom is 0.324 e. The molecule has 0 atom stereocenters. The van der Waals surface area contributed by atoms with Crippen LogP contribution < -0.4 is 10.1 Å². The molecular formula is C11H10F4N2O. The highest BCUT2D eigenvalue weighted by atomic mass is 19.3. The number of hydrogen-bond donors (Lipinski definition) is 1. The molecule has 0 amide bonds. The Balaban J connectivity index is 2.83. The molecule has 0 spiro atoms. The van der Waals surface area contributed by atoms with Crippen LogP contribution >= 0.6 is 0 Å². The number of alkyl halides is 4. The second-order valence-electron chi connectivity index (χ2n) is 3.44. The Labute approximate surface area is 101 Å². The second-order valence-corrected chi connectivity index (χ2v) is 3.44. The Morgan fingerprint density at radius 2 is 2.11 bits per heavy atom. The second kappa shape index (κ2) is 5.58. The predicted molar refractivity (Wildman–Crippen MR) is 57.1 cm³/mol. The van der Waals surface area contributed by atoms with Crippen LogP contribution in [0.25, 0.3) is 0 Å². The summed E-state index contributed by atoms with van der Waals surface area (Å²) in [6, 6.07) is 5.85. The van der Waals surface area contributed by atoms with E-state index in [1.54, 1.807) is 0 Å². The predicted octanol–water partition coefficient (Wildman–Crippen LogP) is 2.88. The summed E-state index contributed by atoms with van der Waals surface area (Å²) in [6.07, 6.45) is -3.74. The Morgan fingerprint density at radius 1 is 1.44 bits per heavy atom. The van der Waals surface area contributed by atoms with Gasteiger partial charge < -0.3 is 10.1 Å². The first-order chi connectivity index (χ1) is 8.40. The largest absolute Gasteiger partial charge is 0.495 e. The van der Waals surface area contributed by atoms with Gasteiger partial charge in [0.1, 0.15) is 5.75 Å². The number of ether oxygens (including phenoxy) is 1.